The van der Waals surface area contributed by atoms with E-state index in [2.05, 4.69) is 15.3 Å². The largest absolute Gasteiger partial charge is 0.468 e. The highest BCUT2D eigenvalue weighted by Crippen LogP contribution is 2.14. The summed E-state index contributed by atoms with van der Waals surface area (Å²) in [6, 6.07) is 0. The monoisotopic (exact) mass is 244 g/mol. The van der Waals surface area contributed by atoms with Gasteiger partial charge in [-0.05, 0) is 32.3 Å². The van der Waals surface area contributed by atoms with E-state index in [1.807, 2.05) is 0 Å². The number of nitrogens with one attached hydrogen (secondary N) is 1. The summed E-state index contributed by atoms with van der Waals surface area (Å²) in [6.45, 7) is 4.44. The molecule has 0 fully saturated rings. The molecule has 0 aromatic rings. The summed E-state index contributed by atoms with van der Waals surface area (Å²) in [7, 11) is 2.87. The molecule has 0 saturated carbocycles. The lowest BCUT2D eigenvalue weighted by atomic mass is 9.95. The van der Waals surface area contributed by atoms with E-state index >= 15 is 0 Å². The molecule has 2 atom stereocenters. The van der Waals surface area contributed by atoms with Gasteiger partial charge in [-0.1, -0.05) is 5.11 Å². The van der Waals surface area contributed by atoms with Crippen LogP contribution >= 0.6 is 0 Å². The number of methoxy groups -OCH3 is 2. The van der Waals surface area contributed by atoms with Crippen molar-refractivity contribution in [3.63, 3.8) is 0 Å². The van der Waals surface area contributed by atoms with Gasteiger partial charge in [0.15, 0.2) is 0 Å². The van der Waals surface area contributed by atoms with Crippen LogP contribution in [-0.4, -0.2) is 44.9 Å². The fourth-order valence-electron chi connectivity index (χ4n) is 1.37. The lowest BCUT2D eigenvalue weighted by Gasteiger charge is -2.32. The highest BCUT2D eigenvalue weighted by atomic mass is 16.5. The molecule has 17 heavy (non-hydrogen) atoms. The Bertz CT molecular complexity index is 291. The van der Waals surface area contributed by atoms with E-state index in [4.69, 9.17) is 15.0 Å². The van der Waals surface area contributed by atoms with Crippen molar-refractivity contribution >= 4 is 5.97 Å². The van der Waals surface area contributed by atoms with E-state index in [0.29, 0.717) is 19.5 Å². The van der Waals surface area contributed by atoms with Crippen LogP contribution in [0.2, 0.25) is 0 Å². The Morgan fingerprint density at radius 2 is 2.24 bits per heavy atom. The molecule has 0 aliphatic heterocycles. The van der Waals surface area contributed by atoms with Crippen LogP contribution in [0.3, 0.4) is 0 Å². The Morgan fingerprint density at radius 1 is 1.59 bits per heavy atom. The van der Waals surface area contributed by atoms with Crippen LogP contribution in [0, 0.1) is 0 Å². The minimum absolute atomic E-state index is 0.325. The van der Waals surface area contributed by atoms with Gasteiger partial charge in [-0.3, -0.25) is 5.32 Å². The maximum Gasteiger partial charge on any atom is 0.328 e. The van der Waals surface area contributed by atoms with Crippen LogP contribution in [0.1, 0.15) is 20.3 Å². The molecule has 0 rings (SSSR count). The Hall–Kier alpha value is -1.30. The van der Waals surface area contributed by atoms with Crippen LogP contribution in [0.15, 0.2) is 5.11 Å². The molecule has 98 valence electrons. The molecule has 0 radical (unpaired) electrons. The van der Waals surface area contributed by atoms with Crippen LogP contribution in [0.25, 0.3) is 10.4 Å². The third kappa shape index (κ3) is 4.60. The predicted molar refractivity (Wildman–Crippen MR) is 63.5 cm³/mol. The van der Waals surface area contributed by atoms with Crippen molar-refractivity contribution in [1.82, 2.24) is 5.32 Å². The summed E-state index contributed by atoms with van der Waals surface area (Å²) in [5.74, 6) is -0.379. The molecule has 0 saturated heterocycles. The topological polar surface area (TPSA) is 96.3 Å². The van der Waals surface area contributed by atoms with Crippen LogP contribution in [0.5, 0.6) is 0 Å². The second kappa shape index (κ2) is 7.89. The first-order valence-electron chi connectivity index (χ1n) is 5.40. The Balaban J connectivity index is 4.39. The smallest absolute Gasteiger partial charge is 0.328 e. The van der Waals surface area contributed by atoms with E-state index in [-0.39, 0.29) is 12.1 Å². The number of rotatable bonds is 8. The van der Waals surface area contributed by atoms with Gasteiger partial charge in [0, 0.05) is 18.6 Å². The number of hydrogen-bond donors (Lipinski definition) is 1. The fourth-order valence-corrected chi connectivity index (χ4v) is 1.37. The molecule has 0 bridgehead atoms. The molecule has 7 heteroatoms. The number of nitrogens with zero attached hydrogens (tertiary/aromatic N) is 3. The Labute approximate surface area is 101 Å². The lowest BCUT2D eigenvalue weighted by molar-refractivity contribution is -0.153. The first-order chi connectivity index (χ1) is 8.02. The Kier molecular flexibility index (Phi) is 7.29. The van der Waals surface area contributed by atoms with Crippen molar-refractivity contribution in [1.29, 1.82) is 0 Å². The molecule has 0 aromatic carbocycles. The first kappa shape index (κ1) is 15.7. The van der Waals surface area contributed by atoms with Crippen molar-refractivity contribution < 1.29 is 14.3 Å². The molecule has 0 aromatic heterocycles. The van der Waals surface area contributed by atoms with Gasteiger partial charge in [0.1, 0.15) is 5.54 Å². The van der Waals surface area contributed by atoms with Crippen LogP contribution in [-0.2, 0) is 14.3 Å². The number of carbonyl (C=O) groups excluding carboxylic acids is 1. The highest BCUT2D eigenvalue weighted by Gasteiger charge is 2.39. The normalized spacial score (nSPS) is 15.5. The molecular weight excluding hydrogens is 224 g/mol. The quantitative estimate of drug-likeness (QED) is 0.228. The maximum absolute atomic E-state index is 11.7. The number of ether oxygens (including phenoxy) is 2. The van der Waals surface area contributed by atoms with Crippen molar-refractivity contribution in [2.75, 3.05) is 27.3 Å². The molecule has 7 nitrogen and oxygen atoms in total. The van der Waals surface area contributed by atoms with Gasteiger partial charge in [0.2, 0.25) is 0 Å². The summed E-state index contributed by atoms with van der Waals surface area (Å²) in [6.07, 6.45) is 0.321. The van der Waals surface area contributed by atoms with E-state index in [1.54, 1.807) is 13.8 Å². The Morgan fingerprint density at radius 3 is 2.71 bits per heavy atom. The number of carbonyl (C=O) groups is 1. The van der Waals surface area contributed by atoms with Crippen molar-refractivity contribution in [3.8, 4) is 0 Å². The van der Waals surface area contributed by atoms with Crippen molar-refractivity contribution in [3.05, 3.63) is 10.4 Å². The third-order valence-corrected chi connectivity index (χ3v) is 2.77. The summed E-state index contributed by atoms with van der Waals surface area (Å²) < 4.78 is 9.92. The summed E-state index contributed by atoms with van der Waals surface area (Å²) in [5.41, 5.74) is 7.22. The minimum Gasteiger partial charge on any atom is -0.468 e. The average molecular weight is 244 g/mol. The van der Waals surface area contributed by atoms with E-state index < -0.39 is 5.54 Å². The average Bonchev–Trinajstić information content (AvgIpc) is 2.36. The van der Waals surface area contributed by atoms with Crippen molar-refractivity contribution in [2.24, 2.45) is 5.11 Å². The van der Waals surface area contributed by atoms with Gasteiger partial charge in [-0.25, -0.2) is 4.79 Å². The fraction of sp³-hybridized carbons (Fsp3) is 0.900. The zero-order chi connectivity index (χ0) is 13.3. The molecule has 0 heterocycles. The summed E-state index contributed by atoms with van der Waals surface area (Å²) in [4.78, 5) is 14.4. The van der Waals surface area contributed by atoms with Gasteiger partial charge in [-0.15, -0.1) is 0 Å². The number of esters is 1. The van der Waals surface area contributed by atoms with Gasteiger partial charge in [0.25, 0.3) is 0 Å². The number of hydrogen-bond acceptors (Lipinski definition) is 5. The zero-order valence-corrected chi connectivity index (χ0v) is 10.8. The number of azide groups is 1. The van der Waals surface area contributed by atoms with Gasteiger partial charge in [0.05, 0.1) is 13.2 Å². The summed E-state index contributed by atoms with van der Waals surface area (Å²) >= 11 is 0. The molecular formula is C10H20N4O3. The van der Waals surface area contributed by atoms with Crippen LogP contribution in [0.4, 0.5) is 0 Å². The second-order valence-electron chi connectivity index (χ2n) is 3.81. The highest BCUT2D eigenvalue weighted by molar-refractivity contribution is 5.81. The second-order valence-corrected chi connectivity index (χ2v) is 3.81. The maximum atomic E-state index is 11.7. The SMILES string of the molecule is COC(=O)C(C)(NCCCN=[N+]=[N-])C(C)OC. The molecule has 0 aliphatic rings. The van der Waals surface area contributed by atoms with E-state index in [9.17, 15) is 4.79 Å². The predicted octanol–water partition coefficient (Wildman–Crippen LogP) is 1.24. The molecule has 0 amide bonds. The minimum atomic E-state index is -0.903. The van der Waals surface area contributed by atoms with Gasteiger partial charge < -0.3 is 9.47 Å². The van der Waals surface area contributed by atoms with Crippen molar-refractivity contribution in [2.45, 2.75) is 31.9 Å². The molecule has 2 unspecified atom stereocenters. The zero-order valence-electron chi connectivity index (χ0n) is 10.8. The van der Waals surface area contributed by atoms with Gasteiger partial charge >= 0.3 is 5.97 Å². The van der Waals surface area contributed by atoms with E-state index in [0.717, 1.165) is 0 Å². The van der Waals surface area contributed by atoms with Crippen LogP contribution < -0.4 is 5.32 Å². The van der Waals surface area contributed by atoms with E-state index in [1.165, 1.54) is 14.2 Å². The molecule has 1 N–H and O–H groups in total. The first-order valence-corrected chi connectivity index (χ1v) is 5.40. The standard InChI is InChI=1S/C10H20N4O3/c1-8(16-3)10(2,9(15)17-4)12-6-5-7-13-14-11/h8,12H,5-7H2,1-4H3. The lowest BCUT2D eigenvalue weighted by Crippen LogP contribution is -2.58. The molecule has 0 aliphatic carbocycles. The summed E-state index contributed by atoms with van der Waals surface area (Å²) in [5, 5.41) is 6.49. The van der Waals surface area contributed by atoms with Gasteiger partial charge in [-0.2, -0.15) is 0 Å². The molecule has 0 spiro atoms. The third-order valence-electron chi connectivity index (χ3n) is 2.77.